The number of nitrogens with one attached hydrogen (secondary N) is 1. The molecule has 0 radical (unpaired) electrons. The van der Waals surface area contributed by atoms with Gasteiger partial charge in [0.1, 0.15) is 22.6 Å². The van der Waals surface area contributed by atoms with E-state index in [-0.39, 0.29) is 17.7 Å². The van der Waals surface area contributed by atoms with Gasteiger partial charge in [-0.15, -0.1) is 0 Å². The van der Waals surface area contributed by atoms with Crippen LogP contribution in [0.5, 0.6) is 17.4 Å². The second-order valence-electron chi connectivity index (χ2n) is 8.84. The third-order valence-electron chi connectivity index (χ3n) is 6.24. The van der Waals surface area contributed by atoms with Crippen LogP contribution in [0.2, 0.25) is 0 Å². The zero-order chi connectivity index (χ0) is 23.8. The van der Waals surface area contributed by atoms with Gasteiger partial charge in [0.25, 0.3) is 5.91 Å². The Kier molecular flexibility index (Phi) is 5.71. The lowest BCUT2D eigenvalue weighted by molar-refractivity contribution is 0.0708. The van der Waals surface area contributed by atoms with E-state index in [0.717, 1.165) is 23.4 Å². The van der Waals surface area contributed by atoms with Crippen molar-refractivity contribution in [2.75, 3.05) is 19.6 Å². The maximum Gasteiger partial charge on any atom is 0.261 e. The number of para-hydroxylation sites is 2. The number of carbonyl (C=O) groups excluding carboxylic acids is 1. The molecule has 1 aliphatic heterocycles. The van der Waals surface area contributed by atoms with E-state index in [9.17, 15) is 9.90 Å². The summed E-state index contributed by atoms with van der Waals surface area (Å²) in [7, 11) is 0. The number of aryl methyl sites for hydroxylation is 2. The number of hydrogen-bond acceptors (Lipinski definition) is 5. The molecule has 34 heavy (non-hydrogen) atoms. The van der Waals surface area contributed by atoms with Crippen molar-refractivity contribution in [3.63, 3.8) is 0 Å². The number of rotatable bonds is 4. The molecular weight excluding hydrogens is 428 g/mol. The molecule has 1 saturated heterocycles. The van der Waals surface area contributed by atoms with Gasteiger partial charge in [0.05, 0.1) is 11.7 Å². The minimum atomic E-state index is -0.132. The molecule has 0 spiro atoms. The molecule has 2 aromatic carbocycles. The van der Waals surface area contributed by atoms with E-state index in [0.29, 0.717) is 41.3 Å². The lowest BCUT2D eigenvalue weighted by Crippen LogP contribution is -2.51. The minimum Gasteiger partial charge on any atom is -0.506 e. The van der Waals surface area contributed by atoms with Crippen LogP contribution >= 0.6 is 0 Å². The van der Waals surface area contributed by atoms with Crippen LogP contribution in [0.4, 0.5) is 0 Å². The molecule has 4 aromatic rings. The molecule has 3 heterocycles. The number of nitrogens with zero attached hydrogens (tertiary/aromatic N) is 3. The van der Waals surface area contributed by atoms with Crippen molar-refractivity contribution in [1.29, 1.82) is 0 Å². The summed E-state index contributed by atoms with van der Waals surface area (Å²) < 4.78 is 8.47. The van der Waals surface area contributed by atoms with Crippen molar-refractivity contribution < 1.29 is 14.6 Å². The minimum absolute atomic E-state index is 0.0237. The van der Waals surface area contributed by atoms with Gasteiger partial charge in [-0.1, -0.05) is 36.4 Å². The third-order valence-corrected chi connectivity index (χ3v) is 6.24. The van der Waals surface area contributed by atoms with Crippen LogP contribution in [0, 0.1) is 13.8 Å². The second kappa shape index (κ2) is 8.83. The summed E-state index contributed by atoms with van der Waals surface area (Å²) in [5.74, 6) is 0.991. The number of piperazine rings is 1. The number of pyridine rings is 1. The van der Waals surface area contributed by atoms with Gasteiger partial charge in [-0.2, -0.15) is 0 Å². The van der Waals surface area contributed by atoms with E-state index >= 15 is 0 Å². The molecule has 1 aliphatic rings. The summed E-state index contributed by atoms with van der Waals surface area (Å²) in [6.45, 7) is 7.96. The number of hydrogen-bond donors (Lipinski definition) is 2. The Morgan fingerprint density at radius 3 is 2.56 bits per heavy atom. The Morgan fingerprint density at radius 1 is 1.12 bits per heavy atom. The first-order valence-electron chi connectivity index (χ1n) is 11.5. The van der Waals surface area contributed by atoms with Gasteiger partial charge in [0.2, 0.25) is 5.88 Å². The molecule has 0 aliphatic carbocycles. The van der Waals surface area contributed by atoms with Crippen molar-refractivity contribution in [3.05, 3.63) is 77.5 Å². The molecule has 174 valence electrons. The van der Waals surface area contributed by atoms with Crippen LogP contribution in [0.25, 0.3) is 16.7 Å². The summed E-state index contributed by atoms with van der Waals surface area (Å²) in [5.41, 5.74) is 4.26. The summed E-state index contributed by atoms with van der Waals surface area (Å²) in [4.78, 5) is 20.3. The fourth-order valence-corrected chi connectivity index (χ4v) is 4.58. The molecule has 2 aromatic heterocycles. The van der Waals surface area contributed by atoms with Gasteiger partial charge >= 0.3 is 0 Å². The fraction of sp³-hybridized carbons (Fsp3) is 0.259. The number of fused-ring (bicyclic) bond motifs is 1. The average Bonchev–Trinajstić information content (AvgIpc) is 3.14. The van der Waals surface area contributed by atoms with Crippen LogP contribution < -0.4 is 10.1 Å². The molecule has 0 saturated carbocycles. The molecule has 2 N–H and O–H groups in total. The molecule has 7 heteroatoms. The largest absolute Gasteiger partial charge is 0.506 e. The first-order chi connectivity index (χ1) is 16.4. The Balaban J connectivity index is 1.79. The monoisotopic (exact) mass is 456 g/mol. The molecule has 1 amide bonds. The average molecular weight is 457 g/mol. The van der Waals surface area contributed by atoms with Gasteiger partial charge in [0, 0.05) is 37.4 Å². The Hall–Kier alpha value is -3.84. The standard InChI is InChI=1S/C27H28N4O3/c1-17-8-7-9-18(2)25(17)34-27-23(26(33)30-13-12-28-19(3)16-30)24-22(14-21(32)15-29-24)31(27)20-10-5-4-6-11-20/h4-11,14-15,19,28,32H,12-13,16H2,1-3H3/t19-/m0/s1. The summed E-state index contributed by atoms with van der Waals surface area (Å²) in [6.07, 6.45) is 1.37. The van der Waals surface area contributed by atoms with Gasteiger partial charge in [-0.25, -0.2) is 4.98 Å². The maximum absolute atomic E-state index is 14.0. The lowest BCUT2D eigenvalue weighted by Gasteiger charge is -2.32. The summed E-state index contributed by atoms with van der Waals surface area (Å²) in [6, 6.07) is 17.5. The van der Waals surface area contributed by atoms with Crippen LogP contribution in [0.15, 0.2) is 60.8 Å². The SMILES string of the molecule is Cc1cccc(C)c1Oc1c(C(=O)N2CCN[C@@H](C)C2)c2ncc(O)cc2n1-c1ccccc1. The molecular formula is C27H28N4O3. The third kappa shape index (κ3) is 3.88. The van der Waals surface area contributed by atoms with Crippen molar-refractivity contribution in [3.8, 4) is 23.1 Å². The predicted octanol–water partition coefficient (Wildman–Crippen LogP) is 4.57. The summed E-state index contributed by atoms with van der Waals surface area (Å²) in [5, 5.41) is 13.7. The predicted molar refractivity (Wildman–Crippen MR) is 132 cm³/mol. The topological polar surface area (TPSA) is 79.6 Å². The van der Waals surface area contributed by atoms with E-state index in [4.69, 9.17) is 4.74 Å². The van der Waals surface area contributed by atoms with E-state index < -0.39 is 0 Å². The number of ether oxygens (including phenoxy) is 1. The molecule has 1 atom stereocenters. The van der Waals surface area contributed by atoms with Gasteiger partial charge in [-0.3, -0.25) is 9.36 Å². The fourth-order valence-electron chi connectivity index (χ4n) is 4.58. The van der Waals surface area contributed by atoms with Crippen LogP contribution in [-0.2, 0) is 0 Å². The molecule has 0 unspecified atom stereocenters. The van der Waals surface area contributed by atoms with E-state index in [1.165, 1.54) is 6.20 Å². The molecule has 7 nitrogen and oxygen atoms in total. The Labute approximate surface area is 198 Å². The van der Waals surface area contributed by atoms with Gasteiger partial charge in [0.15, 0.2) is 0 Å². The van der Waals surface area contributed by atoms with E-state index in [1.807, 2.05) is 71.8 Å². The highest BCUT2D eigenvalue weighted by Gasteiger charge is 2.32. The number of carbonyl (C=O) groups is 1. The van der Waals surface area contributed by atoms with Crippen LogP contribution in [0.3, 0.4) is 0 Å². The Morgan fingerprint density at radius 2 is 1.85 bits per heavy atom. The van der Waals surface area contributed by atoms with Crippen molar-refractivity contribution in [1.82, 2.24) is 19.8 Å². The molecule has 1 fully saturated rings. The van der Waals surface area contributed by atoms with Crippen LogP contribution in [-0.4, -0.2) is 51.1 Å². The van der Waals surface area contributed by atoms with E-state index in [2.05, 4.69) is 17.2 Å². The first kappa shape index (κ1) is 22.0. The number of benzene rings is 2. The lowest BCUT2D eigenvalue weighted by atomic mass is 10.1. The van der Waals surface area contributed by atoms with Crippen molar-refractivity contribution in [2.24, 2.45) is 0 Å². The smallest absolute Gasteiger partial charge is 0.261 e. The quantitative estimate of drug-likeness (QED) is 0.470. The zero-order valence-electron chi connectivity index (χ0n) is 19.6. The Bertz CT molecular complexity index is 1340. The first-order valence-corrected chi connectivity index (χ1v) is 11.5. The highest BCUT2D eigenvalue weighted by Crippen LogP contribution is 2.40. The maximum atomic E-state index is 14.0. The van der Waals surface area contributed by atoms with Crippen LogP contribution in [0.1, 0.15) is 28.4 Å². The zero-order valence-corrected chi connectivity index (χ0v) is 19.6. The van der Waals surface area contributed by atoms with Gasteiger partial charge < -0.3 is 20.1 Å². The number of amides is 1. The van der Waals surface area contributed by atoms with Crippen molar-refractivity contribution >= 4 is 16.9 Å². The normalized spacial score (nSPS) is 16.1. The molecule has 0 bridgehead atoms. The number of aromatic nitrogens is 2. The second-order valence-corrected chi connectivity index (χ2v) is 8.84. The molecule has 5 rings (SSSR count). The van der Waals surface area contributed by atoms with Crippen molar-refractivity contribution in [2.45, 2.75) is 26.8 Å². The highest BCUT2D eigenvalue weighted by molar-refractivity contribution is 6.09. The van der Waals surface area contributed by atoms with Gasteiger partial charge in [-0.05, 0) is 44.0 Å². The summed E-state index contributed by atoms with van der Waals surface area (Å²) >= 11 is 0. The number of aromatic hydroxyl groups is 1. The highest BCUT2D eigenvalue weighted by atomic mass is 16.5. The van der Waals surface area contributed by atoms with E-state index in [1.54, 1.807) is 6.07 Å².